The monoisotopic (exact) mass is 286 g/mol. The van der Waals surface area contributed by atoms with Crippen LogP contribution in [-0.4, -0.2) is 38.3 Å². The van der Waals surface area contributed by atoms with Gasteiger partial charge in [0.1, 0.15) is 18.6 Å². The Labute approximate surface area is 120 Å². The SMILES string of the molecule is O=C(O)[C@@H]1CN(C(=O)CCn2cncn2)c2ccccc21. The molecule has 1 N–H and O–H groups in total. The molecule has 0 bridgehead atoms. The van der Waals surface area contributed by atoms with Crippen LogP contribution in [0.4, 0.5) is 5.69 Å². The van der Waals surface area contributed by atoms with Gasteiger partial charge in [-0.2, -0.15) is 5.10 Å². The molecule has 0 fully saturated rings. The number of benzene rings is 1. The zero-order chi connectivity index (χ0) is 14.8. The second kappa shape index (κ2) is 5.35. The van der Waals surface area contributed by atoms with Crippen molar-refractivity contribution in [3.05, 3.63) is 42.5 Å². The minimum atomic E-state index is -0.908. The number of nitrogens with zero attached hydrogens (tertiary/aromatic N) is 4. The number of anilines is 1. The summed E-state index contributed by atoms with van der Waals surface area (Å²) in [5.41, 5.74) is 1.38. The fraction of sp³-hybridized carbons (Fsp3) is 0.286. The van der Waals surface area contributed by atoms with E-state index >= 15 is 0 Å². The Morgan fingerprint density at radius 1 is 1.33 bits per heavy atom. The number of fused-ring (bicyclic) bond motifs is 1. The van der Waals surface area contributed by atoms with E-state index in [1.54, 1.807) is 40.2 Å². The molecule has 0 aliphatic carbocycles. The van der Waals surface area contributed by atoms with Crippen molar-refractivity contribution in [3.63, 3.8) is 0 Å². The van der Waals surface area contributed by atoms with Gasteiger partial charge in [-0.3, -0.25) is 14.3 Å². The number of aromatic nitrogens is 3. The first-order chi connectivity index (χ1) is 10.2. The van der Waals surface area contributed by atoms with Crippen LogP contribution in [-0.2, 0) is 16.1 Å². The molecule has 1 aromatic carbocycles. The highest BCUT2D eigenvalue weighted by Crippen LogP contribution is 2.36. The number of aliphatic carboxylic acids is 1. The molecule has 2 aromatic rings. The molecule has 0 saturated heterocycles. The predicted octanol–water partition coefficient (Wildman–Crippen LogP) is 0.883. The van der Waals surface area contributed by atoms with Gasteiger partial charge in [0.05, 0.1) is 6.54 Å². The number of hydrogen-bond donors (Lipinski definition) is 1. The van der Waals surface area contributed by atoms with Gasteiger partial charge in [0.2, 0.25) is 5.91 Å². The molecule has 1 atom stereocenters. The second-order valence-electron chi connectivity index (χ2n) is 4.86. The maximum absolute atomic E-state index is 12.3. The normalized spacial score (nSPS) is 16.8. The molecule has 21 heavy (non-hydrogen) atoms. The van der Waals surface area contributed by atoms with E-state index in [-0.39, 0.29) is 18.9 Å². The van der Waals surface area contributed by atoms with Crippen molar-refractivity contribution < 1.29 is 14.7 Å². The van der Waals surface area contributed by atoms with Crippen LogP contribution in [0.15, 0.2) is 36.9 Å². The average Bonchev–Trinajstić information content (AvgIpc) is 3.12. The standard InChI is InChI=1S/C14H14N4O3/c19-13(5-6-17-9-15-8-16-17)18-7-11(14(20)21)10-3-1-2-4-12(10)18/h1-4,8-9,11H,5-7H2,(H,20,21)/t11-/m1/s1. The van der Waals surface area contributed by atoms with Gasteiger partial charge in [0, 0.05) is 18.7 Å². The van der Waals surface area contributed by atoms with Crippen molar-refractivity contribution in [1.82, 2.24) is 14.8 Å². The van der Waals surface area contributed by atoms with E-state index < -0.39 is 11.9 Å². The Bertz CT molecular complexity index is 669. The van der Waals surface area contributed by atoms with Crippen LogP contribution in [0.2, 0.25) is 0 Å². The third kappa shape index (κ3) is 2.49. The first-order valence-corrected chi connectivity index (χ1v) is 6.61. The van der Waals surface area contributed by atoms with E-state index in [2.05, 4.69) is 10.1 Å². The number of hydrogen-bond acceptors (Lipinski definition) is 4. The number of carboxylic acid groups (broad SMARTS) is 1. The van der Waals surface area contributed by atoms with Crippen molar-refractivity contribution in [1.29, 1.82) is 0 Å². The molecule has 0 radical (unpaired) electrons. The smallest absolute Gasteiger partial charge is 0.312 e. The molecule has 1 aromatic heterocycles. The van der Waals surface area contributed by atoms with Crippen LogP contribution in [0.3, 0.4) is 0 Å². The summed E-state index contributed by atoms with van der Waals surface area (Å²) in [6, 6.07) is 7.14. The van der Waals surface area contributed by atoms with E-state index in [9.17, 15) is 14.7 Å². The van der Waals surface area contributed by atoms with Gasteiger partial charge in [0.15, 0.2) is 0 Å². The van der Waals surface area contributed by atoms with E-state index in [1.165, 1.54) is 6.33 Å². The van der Waals surface area contributed by atoms with Crippen molar-refractivity contribution in [3.8, 4) is 0 Å². The van der Waals surface area contributed by atoms with Gasteiger partial charge in [-0.15, -0.1) is 0 Å². The summed E-state index contributed by atoms with van der Waals surface area (Å²) in [5.74, 6) is -1.67. The largest absolute Gasteiger partial charge is 0.481 e. The van der Waals surface area contributed by atoms with Gasteiger partial charge in [-0.1, -0.05) is 18.2 Å². The highest BCUT2D eigenvalue weighted by atomic mass is 16.4. The van der Waals surface area contributed by atoms with Crippen molar-refractivity contribution in [2.45, 2.75) is 18.9 Å². The van der Waals surface area contributed by atoms with Gasteiger partial charge in [0.25, 0.3) is 0 Å². The van der Waals surface area contributed by atoms with Gasteiger partial charge in [-0.25, -0.2) is 4.98 Å². The lowest BCUT2D eigenvalue weighted by Crippen LogP contribution is -2.31. The molecule has 1 aliphatic rings. The zero-order valence-electron chi connectivity index (χ0n) is 11.2. The first kappa shape index (κ1) is 13.3. The van der Waals surface area contributed by atoms with Gasteiger partial charge in [-0.05, 0) is 11.6 Å². The lowest BCUT2D eigenvalue weighted by molar-refractivity contribution is -0.138. The molecule has 0 saturated carbocycles. The first-order valence-electron chi connectivity index (χ1n) is 6.61. The minimum Gasteiger partial charge on any atom is -0.481 e. The Hall–Kier alpha value is -2.70. The number of carbonyl (C=O) groups is 2. The summed E-state index contributed by atoms with van der Waals surface area (Å²) in [6.07, 6.45) is 3.21. The average molecular weight is 286 g/mol. The molecule has 3 rings (SSSR count). The number of carboxylic acids is 1. The molecule has 0 spiro atoms. The summed E-state index contributed by atoms with van der Waals surface area (Å²) in [7, 11) is 0. The molecule has 7 heteroatoms. The summed E-state index contributed by atoms with van der Waals surface area (Å²) in [6.45, 7) is 0.611. The highest BCUT2D eigenvalue weighted by molar-refractivity contribution is 5.98. The lowest BCUT2D eigenvalue weighted by Gasteiger charge is -2.17. The molecule has 108 valence electrons. The van der Waals surface area contributed by atoms with E-state index in [0.29, 0.717) is 17.8 Å². The summed E-state index contributed by atoms with van der Waals surface area (Å²) in [4.78, 5) is 29.0. The zero-order valence-corrected chi connectivity index (χ0v) is 11.2. The Morgan fingerprint density at radius 3 is 2.86 bits per heavy atom. The maximum Gasteiger partial charge on any atom is 0.312 e. The van der Waals surface area contributed by atoms with Crippen molar-refractivity contribution in [2.75, 3.05) is 11.4 Å². The highest BCUT2D eigenvalue weighted by Gasteiger charge is 2.35. The third-order valence-electron chi connectivity index (χ3n) is 3.59. The quantitative estimate of drug-likeness (QED) is 0.901. The van der Waals surface area contributed by atoms with Crippen molar-refractivity contribution >= 4 is 17.6 Å². The summed E-state index contributed by atoms with van der Waals surface area (Å²) < 4.78 is 1.58. The van der Waals surface area contributed by atoms with E-state index in [1.807, 2.05) is 0 Å². The second-order valence-corrected chi connectivity index (χ2v) is 4.86. The molecule has 2 heterocycles. The van der Waals surface area contributed by atoms with Crippen LogP contribution in [0, 0.1) is 0 Å². The fourth-order valence-electron chi connectivity index (χ4n) is 2.55. The van der Waals surface area contributed by atoms with Crippen LogP contribution in [0.1, 0.15) is 17.9 Å². The number of para-hydroxylation sites is 1. The maximum atomic E-state index is 12.3. The number of carbonyl (C=O) groups excluding carboxylic acids is 1. The number of rotatable bonds is 4. The third-order valence-corrected chi connectivity index (χ3v) is 3.59. The van der Waals surface area contributed by atoms with Gasteiger partial charge < -0.3 is 10.0 Å². The molecule has 1 aliphatic heterocycles. The molecule has 7 nitrogen and oxygen atoms in total. The Morgan fingerprint density at radius 2 is 2.14 bits per heavy atom. The lowest BCUT2D eigenvalue weighted by atomic mass is 10.0. The minimum absolute atomic E-state index is 0.110. The van der Waals surface area contributed by atoms with Crippen LogP contribution in [0.5, 0.6) is 0 Å². The van der Waals surface area contributed by atoms with Crippen LogP contribution < -0.4 is 4.90 Å². The van der Waals surface area contributed by atoms with E-state index in [4.69, 9.17) is 0 Å². The molecule has 0 unspecified atom stereocenters. The molecule has 1 amide bonds. The topological polar surface area (TPSA) is 88.3 Å². The number of aryl methyl sites for hydroxylation is 1. The fourth-order valence-corrected chi connectivity index (χ4v) is 2.55. The molecular formula is C14H14N4O3. The van der Waals surface area contributed by atoms with E-state index in [0.717, 1.165) is 0 Å². The summed E-state index contributed by atoms with van der Waals surface area (Å²) >= 11 is 0. The van der Waals surface area contributed by atoms with Crippen LogP contribution >= 0.6 is 0 Å². The Kier molecular flexibility index (Phi) is 3.39. The van der Waals surface area contributed by atoms with Crippen molar-refractivity contribution in [2.24, 2.45) is 0 Å². The Balaban J connectivity index is 1.76. The van der Waals surface area contributed by atoms with Gasteiger partial charge >= 0.3 is 5.97 Å². The predicted molar refractivity (Wildman–Crippen MR) is 73.8 cm³/mol. The summed E-state index contributed by atoms with van der Waals surface area (Å²) in [5, 5.41) is 13.2. The van der Waals surface area contributed by atoms with Crippen LogP contribution in [0.25, 0.3) is 0 Å². The molecular weight excluding hydrogens is 272 g/mol. The number of amides is 1.